The largest absolute Gasteiger partial charge is 0.491 e. The fraction of sp³-hybridized carbons (Fsp3) is 0.435. The van der Waals surface area contributed by atoms with Crippen LogP contribution in [0.3, 0.4) is 0 Å². The zero-order valence-electron chi connectivity index (χ0n) is 16.4. The summed E-state index contributed by atoms with van der Waals surface area (Å²) in [5.74, 6) is 1.05. The van der Waals surface area contributed by atoms with Gasteiger partial charge >= 0.3 is 0 Å². The van der Waals surface area contributed by atoms with E-state index in [1.165, 1.54) is 5.56 Å². The summed E-state index contributed by atoms with van der Waals surface area (Å²) in [4.78, 5) is 15.1. The highest BCUT2D eigenvalue weighted by Gasteiger charge is 2.25. The van der Waals surface area contributed by atoms with Crippen LogP contribution in [0.25, 0.3) is 0 Å². The molecule has 1 fully saturated rings. The number of carbonyl (C=O) groups is 1. The maximum absolute atomic E-state index is 12.7. The quantitative estimate of drug-likeness (QED) is 0.805. The highest BCUT2D eigenvalue weighted by atomic mass is 16.5. The van der Waals surface area contributed by atoms with E-state index >= 15 is 0 Å². The highest BCUT2D eigenvalue weighted by Crippen LogP contribution is 2.21. The molecule has 1 aliphatic heterocycles. The molecule has 3 rings (SSSR count). The van der Waals surface area contributed by atoms with Gasteiger partial charge in [-0.1, -0.05) is 48.5 Å². The molecule has 0 aromatic heterocycles. The first-order valence-electron chi connectivity index (χ1n) is 9.90. The summed E-state index contributed by atoms with van der Waals surface area (Å²) in [5.41, 5.74) is 2.33. The number of nitrogens with one attached hydrogen (secondary N) is 1. The Morgan fingerprint density at radius 2 is 1.89 bits per heavy atom. The predicted molar refractivity (Wildman–Crippen MR) is 108 cm³/mol. The van der Waals surface area contributed by atoms with Crippen molar-refractivity contribution in [2.24, 2.45) is 5.92 Å². The van der Waals surface area contributed by atoms with Crippen LogP contribution in [-0.4, -0.2) is 30.0 Å². The summed E-state index contributed by atoms with van der Waals surface area (Å²) in [5, 5.41) is 3.12. The van der Waals surface area contributed by atoms with Crippen LogP contribution in [0.2, 0.25) is 0 Å². The number of nitrogens with zero attached hydrogens (tertiary/aromatic N) is 1. The van der Waals surface area contributed by atoms with E-state index in [2.05, 4.69) is 34.5 Å². The molecule has 1 heterocycles. The van der Waals surface area contributed by atoms with E-state index < -0.39 is 0 Å². The highest BCUT2D eigenvalue weighted by molar-refractivity contribution is 5.79. The first-order valence-corrected chi connectivity index (χ1v) is 9.90. The molecule has 1 saturated heterocycles. The lowest BCUT2D eigenvalue weighted by Gasteiger charge is -2.32. The molecule has 0 radical (unpaired) electrons. The number of ether oxygens (including phenoxy) is 1. The number of benzene rings is 2. The van der Waals surface area contributed by atoms with E-state index in [0.717, 1.165) is 43.8 Å². The van der Waals surface area contributed by atoms with Gasteiger partial charge in [0, 0.05) is 25.2 Å². The Balaban J connectivity index is 1.53. The van der Waals surface area contributed by atoms with Crippen molar-refractivity contribution >= 4 is 5.91 Å². The van der Waals surface area contributed by atoms with E-state index in [4.69, 9.17) is 4.74 Å². The molecule has 2 aromatic rings. The first kappa shape index (κ1) is 19.4. The number of amides is 1. The molecular formula is C23H30N2O2. The molecule has 144 valence electrons. The van der Waals surface area contributed by atoms with Gasteiger partial charge in [-0.25, -0.2) is 0 Å². The van der Waals surface area contributed by atoms with E-state index in [1.807, 2.05) is 44.2 Å². The molecule has 1 atom stereocenters. The van der Waals surface area contributed by atoms with Gasteiger partial charge in [-0.2, -0.15) is 0 Å². The molecule has 27 heavy (non-hydrogen) atoms. The van der Waals surface area contributed by atoms with Crippen LogP contribution >= 0.6 is 0 Å². The van der Waals surface area contributed by atoms with E-state index in [1.54, 1.807) is 0 Å². The second-order valence-electron chi connectivity index (χ2n) is 7.55. The Hall–Kier alpha value is -2.33. The molecule has 1 aliphatic rings. The number of piperidine rings is 1. The summed E-state index contributed by atoms with van der Waals surface area (Å²) in [6.45, 7) is 7.33. The third kappa shape index (κ3) is 5.83. The Labute approximate surface area is 162 Å². The number of rotatable bonds is 7. The van der Waals surface area contributed by atoms with Gasteiger partial charge in [0.2, 0.25) is 5.91 Å². The minimum Gasteiger partial charge on any atom is -0.491 e. The summed E-state index contributed by atoms with van der Waals surface area (Å²) in [7, 11) is 0. The van der Waals surface area contributed by atoms with Gasteiger partial charge in [0.15, 0.2) is 0 Å². The number of hydrogen-bond donors (Lipinski definition) is 1. The normalized spacial score (nSPS) is 17.7. The maximum Gasteiger partial charge on any atom is 0.224 e. The molecule has 0 saturated carbocycles. The predicted octanol–water partition coefficient (Wildman–Crippen LogP) is 4.00. The minimum absolute atomic E-state index is 0.0561. The summed E-state index contributed by atoms with van der Waals surface area (Å²) < 4.78 is 5.85. The van der Waals surface area contributed by atoms with Gasteiger partial charge in [0.05, 0.1) is 12.0 Å². The lowest BCUT2D eigenvalue weighted by molar-refractivity contribution is -0.126. The summed E-state index contributed by atoms with van der Waals surface area (Å²) in [6.07, 6.45) is 2.14. The van der Waals surface area contributed by atoms with Gasteiger partial charge < -0.3 is 10.1 Å². The van der Waals surface area contributed by atoms with Gasteiger partial charge in [-0.05, 0) is 44.9 Å². The van der Waals surface area contributed by atoms with Crippen LogP contribution in [0, 0.1) is 5.92 Å². The molecule has 1 N–H and O–H groups in total. The molecular weight excluding hydrogens is 336 g/mol. The SMILES string of the molecule is CC(C)Oc1ccccc1CNC(=O)C1CCCN(Cc2ccccc2)C1. The van der Waals surface area contributed by atoms with Crippen LogP contribution in [-0.2, 0) is 17.9 Å². The Kier molecular flexibility index (Phi) is 6.88. The Bertz CT molecular complexity index is 730. The third-order valence-corrected chi connectivity index (χ3v) is 4.91. The standard InChI is InChI=1S/C23H30N2O2/c1-18(2)27-22-13-7-6-11-20(22)15-24-23(26)21-12-8-14-25(17-21)16-19-9-4-3-5-10-19/h3-7,9-11,13,18,21H,8,12,14-17H2,1-2H3,(H,24,26). The lowest BCUT2D eigenvalue weighted by Crippen LogP contribution is -2.42. The smallest absolute Gasteiger partial charge is 0.224 e. The van der Waals surface area contributed by atoms with E-state index in [0.29, 0.717) is 6.54 Å². The van der Waals surface area contributed by atoms with E-state index in [-0.39, 0.29) is 17.9 Å². The second kappa shape index (κ2) is 9.56. The van der Waals surface area contributed by atoms with Crippen molar-refractivity contribution in [3.8, 4) is 5.75 Å². The molecule has 2 aromatic carbocycles. The van der Waals surface area contributed by atoms with Crippen LogP contribution in [0.4, 0.5) is 0 Å². The number of para-hydroxylation sites is 1. The van der Waals surface area contributed by atoms with Crippen molar-refractivity contribution in [2.75, 3.05) is 13.1 Å². The third-order valence-electron chi connectivity index (χ3n) is 4.91. The van der Waals surface area contributed by atoms with Crippen LogP contribution in [0.5, 0.6) is 5.75 Å². The Morgan fingerprint density at radius 1 is 1.15 bits per heavy atom. The summed E-state index contributed by atoms with van der Waals surface area (Å²) in [6, 6.07) is 18.4. The van der Waals surface area contributed by atoms with Crippen molar-refractivity contribution < 1.29 is 9.53 Å². The topological polar surface area (TPSA) is 41.6 Å². The van der Waals surface area contributed by atoms with Crippen LogP contribution in [0.1, 0.15) is 37.8 Å². The van der Waals surface area contributed by atoms with Gasteiger partial charge in [0.1, 0.15) is 5.75 Å². The number of likely N-dealkylation sites (tertiary alicyclic amines) is 1. The maximum atomic E-state index is 12.7. The average Bonchev–Trinajstić information content (AvgIpc) is 2.68. The van der Waals surface area contributed by atoms with Crippen molar-refractivity contribution in [2.45, 2.75) is 45.9 Å². The molecule has 0 spiro atoms. The van der Waals surface area contributed by atoms with Crippen molar-refractivity contribution in [3.05, 3.63) is 65.7 Å². The van der Waals surface area contributed by atoms with Gasteiger partial charge in [0.25, 0.3) is 0 Å². The number of carbonyl (C=O) groups excluding carboxylic acids is 1. The molecule has 4 heteroatoms. The first-order chi connectivity index (χ1) is 13.1. The van der Waals surface area contributed by atoms with E-state index in [9.17, 15) is 4.79 Å². The molecule has 0 aliphatic carbocycles. The van der Waals surface area contributed by atoms with Gasteiger partial charge in [-0.15, -0.1) is 0 Å². The van der Waals surface area contributed by atoms with Crippen LogP contribution < -0.4 is 10.1 Å². The van der Waals surface area contributed by atoms with Crippen LogP contribution in [0.15, 0.2) is 54.6 Å². The number of hydrogen-bond acceptors (Lipinski definition) is 3. The lowest BCUT2D eigenvalue weighted by atomic mass is 9.96. The monoisotopic (exact) mass is 366 g/mol. The van der Waals surface area contributed by atoms with Crippen molar-refractivity contribution in [1.82, 2.24) is 10.2 Å². The molecule has 4 nitrogen and oxygen atoms in total. The second-order valence-corrected chi connectivity index (χ2v) is 7.55. The Morgan fingerprint density at radius 3 is 2.67 bits per heavy atom. The van der Waals surface area contributed by atoms with Gasteiger partial charge in [-0.3, -0.25) is 9.69 Å². The molecule has 1 amide bonds. The summed E-state index contributed by atoms with van der Waals surface area (Å²) >= 11 is 0. The zero-order valence-corrected chi connectivity index (χ0v) is 16.4. The molecule has 1 unspecified atom stereocenters. The molecule has 0 bridgehead atoms. The average molecular weight is 367 g/mol. The zero-order chi connectivity index (χ0) is 19.1. The van der Waals surface area contributed by atoms with Crippen molar-refractivity contribution in [3.63, 3.8) is 0 Å². The van der Waals surface area contributed by atoms with Crippen molar-refractivity contribution in [1.29, 1.82) is 0 Å². The fourth-order valence-electron chi connectivity index (χ4n) is 3.60. The fourth-order valence-corrected chi connectivity index (χ4v) is 3.60. The minimum atomic E-state index is 0.0561.